The Balaban J connectivity index is 1.93. The lowest BCUT2D eigenvalue weighted by atomic mass is 10.1. The van der Waals surface area contributed by atoms with Crippen LogP contribution in [0.25, 0.3) is 0 Å². The van der Waals surface area contributed by atoms with Crippen LogP contribution in [0.1, 0.15) is 28.4 Å². The van der Waals surface area contributed by atoms with Crippen LogP contribution in [0.2, 0.25) is 0 Å². The van der Waals surface area contributed by atoms with Crippen molar-refractivity contribution in [3.05, 3.63) is 71.3 Å². The van der Waals surface area contributed by atoms with E-state index in [2.05, 4.69) is 0 Å². The number of likely N-dealkylation sites (N-methyl/N-ethyl adjacent to an activating group) is 1. The van der Waals surface area contributed by atoms with Gasteiger partial charge in [-0.25, -0.2) is 4.79 Å². The van der Waals surface area contributed by atoms with Gasteiger partial charge < -0.3 is 14.7 Å². The number of carbonyl (C=O) groups excluding carboxylic acids is 2. The highest BCUT2D eigenvalue weighted by atomic mass is 16.5. The highest BCUT2D eigenvalue weighted by molar-refractivity contribution is 5.92. The van der Waals surface area contributed by atoms with Crippen molar-refractivity contribution in [3.63, 3.8) is 0 Å². The van der Waals surface area contributed by atoms with Crippen LogP contribution < -0.4 is 0 Å². The van der Waals surface area contributed by atoms with E-state index in [1.165, 1.54) is 4.90 Å². The van der Waals surface area contributed by atoms with Crippen LogP contribution in [0.3, 0.4) is 0 Å². The van der Waals surface area contributed by atoms with Gasteiger partial charge in [-0.3, -0.25) is 4.79 Å². The summed E-state index contributed by atoms with van der Waals surface area (Å²) in [5.74, 6) is -0.826. The van der Waals surface area contributed by atoms with Gasteiger partial charge in [0.25, 0.3) is 5.91 Å². The zero-order valence-electron chi connectivity index (χ0n) is 13.8. The molecule has 0 aliphatic rings. The molecule has 5 heteroatoms. The van der Waals surface area contributed by atoms with Gasteiger partial charge in [-0.1, -0.05) is 42.5 Å². The van der Waals surface area contributed by atoms with E-state index in [0.29, 0.717) is 17.7 Å². The van der Waals surface area contributed by atoms with E-state index in [-0.39, 0.29) is 12.5 Å². The summed E-state index contributed by atoms with van der Waals surface area (Å²) < 4.78 is 5.24. The SMILES string of the molecule is C[C@H](OC(=O)c1ccc(CO)cc1)C(=O)N(C)Cc1ccccc1. The highest BCUT2D eigenvalue weighted by Gasteiger charge is 2.22. The minimum atomic E-state index is -0.872. The molecule has 0 aliphatic heterocycles. The van der Waals surface area contributed by atoms with Crippen LogP contribution in [-0.4, -0.2) is 35.0 Å². The average Bonchev–Trinajstić information content (AvgIpc) is 2.61. The maximum absolute atomic E-state index is 12.3. The fourth-order valence-electron chi connectivity index (χ4n) is 2.27. The summed E-state index contributed by atoms with van der Waals surface area (Å²) in [5.41, 5.74) is 2.06. The Morgan fingerprint density at radius 3 is 2.25 bits per heavy atom. The van der Waals surface area contributed by atoms with E-state index in [1.54, 1.807) is 38.2 Å². The van der Waals surface area contributed by atoms with Gasteiger partial charge in [-0.15, -0.1) is 0 Å². The molecule has 0 aliphatic carbocycles. The Labute approximate surface area is 141 Å². The first-order valence-electron chi connectivity index (χ1n) is 7.71. The van der Waals surface area contributed by atoms with Crippen LogP contribution >= 0.6 is 0 Å². The van der Waals surface area contributed by atoms with Crippen LogP contribution in [0.4, 0.5) is 0 Å². The first kappa shape index (κ1) is 17.7. The lowest BCUT2D eigenvalue weighted by Gasteiger charge is -2.21. The molecule has 0 heterocycles. The van der Waals surface area contributed by atoms with Crippen LogP contribution in [0.15, 0.2) is 54.6 Å². The predicted molar refractivity (Wildman–Crippen MR) is 90.2 cm³/mol. The summed E-state index contributed by atoms with van der Waals surface area (Å²) in [7, 11) is 1.68. The number of nitrogens with zero attached hydrogens (tertiary/aromatic N) is 1. The van der Waals surface area contributed by atoms with Gasteiger partial charge in [-0.05, 0) is 30.2 Å². The van der Waals surface area contributed by atoms with Gasteiger partial charge >= 0.3 is 5.97 Å². The Morgan fingerprint density at radius 1 is 1.04 bits per heavy atom. The van der Waals surface area contributed by atoms with E-state index in [0.717, 1.165) is 5.56 Å². The van der Waals surface area contributed by atoms with E-state index in [9.17, 15) is 9.59 Å². The van der Waals surface area contributed by atoms with Crippen LogP contribution in [-0.2, 0) is 22.7 Å². The van der Waals surface area contributed by atoms with Crippen molar-refractivity contribution in [2.24, 2.45) is 0 Å². The Morgan fingerprint density at radius 2 is 1.67 bits per heavy atom. The van der Waals surface area contributed by atoms with Gasteiger partial charge in [0.15, 0.2) is 6.10 Å². The summed E-state index contributed by atoms with van der Waals surface area (Å²) in [6.45, 7) is 1.92. The third-order valence-electron chi connectivity index (χ3n) is 3.64. The number of carbonyl (C=O) groups is 2. The number of hydrogen-bond acceptors (Lipinski definition) is 4. The molecule has 0 unspecified atom stereocenters. The van der Waals surface area contributed by atoms with E-state index < -0.39 is 12.1 Å². The molecule has 2 aromatic rings. The summed E-state index contributed by atoms with van der Waals surface area (Å²) in [4.78, 5) is 25.9. The van der Waals surface area contributed by atoms with Gasteiger partial charge in [-0.2, -0.15) is 0 Å². The molecule has 1 amide bonds. The molecule has 1 atom stereocenters. The summed E-state index contributed by atoms with van der Waals surface area (Å²) in [5, 5.41) is 9.00. The number of benzene rings is 2. The number of aliphatic hydroxyl groups is 1. The Kier molecular flexibility index (Phi) is 6.09. The molecule has 126 valence electrons. The average molecular weight is 327 g/mol. The molecule has 0 aromatic heterocycles. The van der Waals surface area contributed by atoms with Crippen molar-refractivity contribution in [2.45, 2.75) is 26.2 Å². The van der Waals surface area contributed by atoms with Crippen molar-refractivity contribution in [3.8, 4) is 0 Å². The quantitative estimate of drug-likeness (QED) is 0.827. The summed E-state index contributed by atoms with van der Waals surface area (Å²) in [6, 6.07) is 16.0. The summed E-state index contributed by atoms with van der Waals surface area (Å²) in [6.07, 6.45) is -0.872. The highest BCUT2D eigenvalue weighted by Crippen LogP contribution is 2.10. The zero-order chi connectivity index (χ0) is 17.5. The van der Waals surface area contributed by atoms with Gasteiger partial charge in [0.05, 0.1) is 12.2 Å². The van der Waals surface area contributed by atoms with Crippen molar-refractivity contribution in [1.29, 1.82) is 0 Å². The zero-order valence-corrected chi connectivity index (χ0v) is 13.8. The molecule has 1 N–H and O–H groups in total. The number of amides is 1. The van der Waals surface area contributed by atoms with E-state index >= 15 is 0 Å². The van der Waals surface area contributed by atoms with Crippen molar-refractivity contribution in [2.75, 3.05) is 7.05 Å². The number of aliphatic hydroxyl groups excluding tert-OH is 1. The minimum Gasteiger partial charge on any atom is -0.449 e. The van der Waals surface area contributed by atoms with Gasteiger partial charge in [0, 0.05) is 13.6 Å². The fourth-order valence-corrected chi connectivity index (χ4v) is 2.27. The van der Waals surface area contributed by atoms with Gasteiger partial charge in [0.2, 0.25) is 0 Å². The van der Waals surface area contributed by atoms with Gasteiger partial charge in [0.1, 0.15) is 0 Å². The maximum Gasteiger partial charge on any atom is 0.338 e. The molecule has 0 saturated heterocycles. The van der Waals surface area contributed by atoms with E-state index in [1.807, 2.05) is 30.3 Å². The number of hydrogen-bond donors (Lipinski definition) is 1. The minimum absolute atomic E-state index is 0.0888. The van der Waals surface area contributed by atoms with E-state index in [4.69, 9.17) is 9.84 Å². The molecular formula is C19H21NO4. The third kappa shape index (κ3) is 4.67. The second-order valence-corrected chi connectivity index (χ2v) is 5.58. The molecular weight excluding hydrogens is 306 g/mol. The normalized spacial score (nSPS) is 11.6. The summed E-state index contributed by atoms with van der Waals surface area (Å²) >= 11 is 0. The van der Waals surface area contributed by atoms with Crippen molar-refractivity contribution >= 4 is 11.9 Å². The molecule has 0 spiro atoms. The predicted octanol–water partition coefficient (Wildman–Crippen LogP) is 2.38. The number of ether oxygens (including phenoxy) is 1. The largest absolute Gasteiger partial charge is 0.449 e. The fraction of sp³-hybridized carbons (Fsp3) is 0.263. The topological polar surface area (TPSA) is 66.8 Å². The molecule has 2 rings (SSSR count). The number of esters is 1. The first-order valence-corrected chi connectivity index (χ1v) is 7.71. The van der Waals surface area contributed by atoms with Crippen molar-refractivity contribution in [1.82, 2.24) is 4.90 Å². The molecule has 2 aromatic carbocycles. The Bertz CT molecular complexity index is 682. The second kappa shape index (κ2) is 8.26. The molecule has 5 nitrogen and oxygen atoms in total. The monoisotopic (exact) mass is 327 g/mol. The standard InChI is InChI=1S/C19H21NO4/c1-14(18(22)20(2)12-15-6-4-3-5-7-15)24-19(23)17-10-8-16(13-21)9-11-17/h3-11,14,21H,12-13H2,1-2H3/t14-/m0/s1. The second-order valence-electron chi connectivity index (χ2n) is 5.58. The molecule has 0 bridgehead atoms. The van der Waals surface area contributed by atoms with Crippen LogP contribution in [0.5, 0.6) is 0 Å². The lowest BCUT2D eigenvalue weighted by molar-refractivity contribution is -0.139. The first-order chi connectivity index (χ1) is 11.5. The van der Waals surface area contributed by atoms with Crippen molar-refractivity contribution < 1.29 is 19.4 Å². The number of rotatable bonds is 6. The molecule has 24 heavy (non-hydrogen) atoms. The lowest BCUT2D eigenvalue weighted by Crippen LogP contribution is -2.37. The molecule has 0 fully saturated rings. The smallest absolute Gasteiger partial charge is 0.338 e. The Hall–Kier alpha value is -2.66. The van der Waals surface area contributed by atoms with Crippen LogP contribution in [0, 0.1) is 0 Å². The maximum atomic E-state index is 12.3. The molecule has 0 saturated carbocycles. The third-order valence-corrected chi connectivity index (χ3v) is 3.64. The molecule has 0 radical (unpaired) electrons.